The highest BCUT2D eigenvalue weighted by Gasteiger charge is 2.31. The van der Waals surface area contributed by atoms with Gasteiger partial charge in [-0.3, -0.25) is 0 Å². The topological polar surface area (TPSA) is 32.3 Å². The van der Waals surface area contributed by atoms with Gasteiger partial charge in [-0.25, -0.2) is 0 Å². The Hall–Kier alpha value is -0.0800. The van der Waals surface area contributed by atoms with E-state index >= 15 is 0 Å². The number of nitrogens with one attached hydrogen (secondary N) is 1. The van der Waals surface area contributed by atoms with Gasteiger partial charge in [0.05, 0.1) is 5.60 Å². The third-order valence-electron chi connectivity index (χ3n) is 4.53. The fourth-order valence-corrected chi connectivity index (χ4v) is 2.91. The predicted molar refractivity (Wildman–Crippen MR) is 74.0 cm³/mol. The monoisotopic (exact) mass is 241 g/mol. The van der Waals surface area contributed by atoms with Gasteiger partial charge in [0.15, 0.2) is 0 Å². The van der Waals surface area contributed by atoms with E-state index in [2.05, 4.69) is 26.1 Å². The van der Waals surface area contributed by atoms with Crippen LogP contribution in [0, 0.1) is 17.8 Å². The lowest BCUT2D eigenvalue weighted by Crippen LogP contribution is -2.48. The van der Waals surface area contributed by atoms with E-state index in [1.165, 1.54) is 19.3 Å². The average Bonchev–Trinajstić information content (AvgIpc) is 2.26. The van der Waals surface area contributed by atoms with Crippen molar-refractivity contribution in [2.75, 3.05) is 6.54 Å². The van der Waals surface area contributed by atoms with Gasteiger partial charge in [-0.05, 0) is 43.9 Å². The normalized spacial score (nSPS) is 33.7. The molecule has 0 amide bonds. The minimum absolute atomic E-state index is 0.553. The first-order valence-electron chi connectivity index (χ1n) is 7.31. The second kappa shape index (κ2) is 6.19. The predicted octanol–water partition coefficient (Wildman–Crippen LogP) is 3.20. The highest BCUT2D eigenvalue weighted by molar-refractivity contribution is 4.87. The maximum absolute atomic E-state index is 10.1. The van der Waals surface area contributed by atoms with E-state index in [1.807, 2.05) is 13.8 Å². The van der Waals surface area contributed by atoms with Gasteiger partial charge in [0.2, 0.25) is 0 Å². The molecule has 0 saturated heterocycles. The number of rotatable bonds is 5. The van der Waals surface area contributed by atoms with Gasteiger partial charge in [-0.1, -0.05) is 34.1 Å². The highest BCUT2D eigenvalue weighted by atomic mass is 16.3. The van der Waals surface area contributed by atoms with Crippen LogP contribution in [0.5, 0.6) is 0 Å². The summed E-state index contributed by atoms with van der Waals surface area (Å²) < 4.78 is 0. The van der Waals surface area contributed by atoms with Crippen LogP contribution in [0.1, 0.15) is 60.3 Å². The largest absolute Gasteiger partial charge is 0.389 e. The van der Waals surface area contributed by atoms with E-state index in [1.54, 1.807) is 0 Å². The van der Waals surface area contributed by atoms with Crippen molar-refractivity contribution in [2.24, 2.45) is 17.8 Å². The average molecular weight is 241 g/mol. The van der Waals surface area contributed by atoms with E-state index in [0.717, 1.165) is 30.7 Å². The van der Waals surface area contributed by atoms with Crippen LogP contribution in [0.2, 0.25) is 0 Å². The Bertz CT molecular complexity index is 225. The summed E-state index contributed by atoms with van der Waals surface area (Å²) in [7, 11) is 0. The lowest BCUT2D eigenvalue weighted by Gasteiger charge is -2.39. The molecule has 0 spiro atoms. The van der Waals surface area contributed by atoms with Gasteiger partial charge in [-0.2, -0.15) is 0 Å². The number of hydrogen-bond acceptors (Lipinski definition) is 2. The first-order valence-corrected chi connectivity index (χ1v) is 7.31. The van der Waals surface area contributed by atoms with E-state index in [9.17, 15) is 5.11 Å². The lowest BCUT2D eigenvalue weighted by atomic mass is 9.74. The maximum atomic E-state index is 10.1. The third-order valence-corrected chi connectivity index (χ3v) is 4.53. The molecule has 0 aliphatic heterocycles. The van der Waals surface area contributed by atoms with Crippen molar-refractivity contribution in [3.05, 3.63) is 0 Å². The smallest absolute Gasteiger partial charge is 0.0741 e. The van der Waals surface area contributed by atoms with E-state index < -0.39 is 5.60 Å². The maximum Gasteiger partial charge on any atom is 0.0741 e. The summed E-state index contributed by atoms with van der Waals surface area (Å²) in [5.41, 5.74) is -0.553. The first kappa shape index (κ1) is 15.0. The Morgan fingerprint density at radius 1 is 1.35 bits per heavy atom. The van der Waals surface area contributed by atoms with Crippen LogP contribution in [0.15, 0.2) is 0 Å². The third kappa shape index (κ3) is 4.59. The molecule has 2 N–H and O–H groups in total. The standard InChI is InChI=1S/C15H31NO/c1-6-15(5,17)10-16-14-9-12(4)7-8-13(14)11(2)3/h11-14,16-17H,6-10H2,1-5H3. The van der Waals surface area contributed by atoms with Gasteiger partial charge in [0.1, 0.15) is 0 Å². The minimum atomic E-state index is -0.553. The fourth-order valence-electron chi connectivity index (χ4n) is 2.91. The molecular weight excluding hydrogens is 210 g/mol. The van der Waals surface area contributed by atoms with Crippen molar-refractivity contribution in [2.45, 2.75) is 71.9 Å². The molecule has 0 radical (unpaired) electrons. The molecule has 2 heteroatoms. The summed E-state index contributed by atoms with van der Waals surface area (Å²) >= 11 is 0. The van der Waals surface area contributed by atoms with E-state index in [-0.39, 0.29) is 0 Å². The SMILES string of the molecule is CCC(C)(O)CNC1CC(C)CCC1C(C)C. The van der Waals surface area contributed by atoms with Crippen LogP contribution in [-0.2, 0) is 0 Å². The quantitative estimate of drug-likeness (QED) is 0.775. The van der Waals surface area contributed by atoms with Gasteiger partial charge in [-0.15, -0.1) is 0 Å². The van der Waals surface area contributed by atoms with Crippen LogP contribution in [0.4, 0.5) is 0 Å². The molecule has 17 heavy (non-hydrogen) atoms. The van der Waals surface area contributed by atoms with Crippen molar-refractivity contribution in [3.8, 4) is 0 Å². The summed E-state index contributed by atoms with van der Waals surface area (Å²) in [6.07, 6.45) is 4.78. The Morgan fingerprint density at radius 2 is 2.00 bits per heavy atom. The molecule has 4 unspecified atom stereocenters. The van der Waals surface area contributed by atoms with Crippen molar-refractivity contribution in [1.82, 2.24) is 5.32 Å². The summed E-state index contributed by atoms with van der Waals surface area (Å²) in [5, 5.41) is 13.7. The number of hydrogen-bond donors (Lipinski definition) is 2. The zero-order valence-corrected chi connectivity index (χ0v) is 12.3. The Balaban J connectivity index is 2.52. The number of aliphatic hydroxyl groups is 1. The Kier molecular flexibility index (Phi) is 5.46. The summed E-state index contributed by atoms with van der Waals surface area (Å²) in [5.74, 6) is 2.35. The van der Waals surface area contributed by atoms with Gasteiger partial charge in [0.25, 0.3) is 0 Å². The van der Waals surface area contributed by atoms with Crippen molar-refractivity contribution in [1.29, 1.82) is 0 Å². The zero-order chi connectivity index (χ0) is 13.1. The highest BCUT2D eigenvalue weighted by Crippen LogP contribution is 2.33. The molecule has 1 aliphatic rings. The molecule has 0 heterocycles. The molecule has 102 valence electrons. The van der Waals surface area contributed by atoms with Gasteiger partial charge < -0.3 is 10.4 Å². The summed E-state index contributed by atoms with van der Waals surface area (Å²) in [4.78, 5) is 0. The second-order valence-corrected chi connectivity index (χ2v) is 6.66. The van der Waals surface area contributed by atoms with Crippen LogP contribution in [0.25, 0.3) is 0 Å². The van der Waals surface area contributed by atoms with Crippen LogP contribution >= 0.6 is 0 Å². The lowest BCUT2D eigenvalue weighted by molar-refractivity contribution is 0.0435. The summed E-state index contributed by atoms with van der Waals surface area (Å²) in [6.45, 7) is 11.7. The molecule has 1 aliphatic carbocycles. The van der Waals surface area contributed by atoms with Crippen molar-refractivity contribution >= 4 is 0 Å². The zero-order valence-electron chi connectivity index (χ0n) is 12.3. The molecule has 2 nitrogen and oxygen atoms in total. The van der Waals surface area contributed by atoms with Crippen LogP contribution < -0.4 is 5.32 Å². The molecular formula is C15H31NO. The fraction of sp³-hybridized carbons (Fsp3) is 1.00. The van der Waals surface area contributed by atoms with Crippen molar-refractivity contribution < 1.29 is 5.11 Å². The van der Waals surface area contributed by atoms with Crippen molar-refractivity contribution in [3.63, 3.8) is 0 Å². The van der Waals surface area contributed by atoms with Crippen LogP contribution in [0.3, 0.4) is 0 Å². The molecule has 0 aromatic carbocycles. The van der Waals surface area contributed by atoms with E-state index in [4.69, 9.17) is 0 Å². The Labute approximate surface area is 107 Å². The first-order chi connectivity index (χ1) is 7.85. The molecule has 0 bridgehead atoms. The second-order valence-electron chi connectivity index (χ2n) is 6.66. The molecule has 1 fully saturated rings. The van der Waals surface area contributed by atoms with Gasteiger partial charge in [0, 0.05) is 12.6 Å². The molecule has 0 aromatic rings. The Morgan fingerprint density at radius 3 is 2.53 bits per heavy atom. The minimum Gasteiger partial charge on any atom is -0.389 e. The van der Waals surface area contributed by atoms with Crippen LogP contribution in [-0.4, -0.2) is 23.3 Å². The molecule has 4 atom stereocenters. The van der Waals surface area contributed by atoms with E-state index in [0.29, 0.717) is 6.04 Å². The summed E-state index contributed by atoms with van der Waals surface area (Å²) in [6, 6.07) is 0.594. The molecule has 1 saturated carbocycles. The molecule has 1 rings (SSSR count). The molecule has 0 aromatic heterocycles. The van der Waals surface area contributed by atoms with Gasteiger partial charge >= 0.3 is 0 Å².